The first kappa shape index (κ1) is 15.2. The molecule has 0 heterocycles. The third kappa shape index (κ3) is 3.45. The van der Waals surface area contributed by atoms with Crippen LogP contribution in [0.2, 0.25) is 0 Å². The molecule has 5 heteroatoms. The molecule has 1 aromatic carbocycles. The second-order valence-electron chi connectivity index (χ2n) is 5.42. The molecule has 0 spiro atoms. The summed E-state index contributed by atoms with van der Waals surface area (Å²) in [5.74, 6) is 0. The molecule has 0 bridgehead atoms. The highest BCUT2D eigenvalue weighted by Crippen LogP contribution is 2.34. The molecule has 0 aromatic heterocycles. The lowest BCUT2D eigenvalue weighted by molar-refractivity contribution is -0.138. The normalized spacial score (nSPS) is 17.1. The van der Waals surface area contributed by atoms with Crippen LogP contribution in [0.4, 0.5) is 18.9 Å². The summed E-state index contributed by atoms with van der Waals surface area (Å²) in [6.07, 6.45) is 0.179. The summed E-state index contributed by atoms with van der Waals surface area (Å²) in [7, 11) is 0. The average Bonchev–Trinajstić information content (AvgIpc) is 2.90. The van der Waals surface area contributed by atoms with Gasteiger partial charge in [-0.15, -0.1) is 0 Å². The van der Waals surface area contributed by atoms with Crippen LogP contribution in [0, 0.1) is 0 Å². The molecule has 2 nitrogen and oxygen atoms in total. The lowest BCUT2D eigenvalue weighted by atomic mass is 10.0. The molecule has 1 aliphatic rings. The number of benzene rings is 1. The fourth-order valence-electron chi connectivity index (χ4n) is 2.98. The molecule has 0 radical (unpaired) electrons. The van der Waals surface area contributed by atoms with E-state index in [0.717, 1.165) is 25.5 Å². The maximum Gasteiger partial charge on any atom is 0.416 e. The average molecular weight is 286 g/mol. The van der Waals surface area contributed by atoms with Crippen molar-refractivity contribution in [2.45, 2.75) is 51.4 Å². The monoisotopic (exact) mass is 286 g/mol. The molecule has 1 fully saturated rings. The van der Waals surface area contributed by atoms with Crippen molar-refractivity contribution in [1.29, 1.82) is 0 Å². The van der Waals surface area contributed by atoms with Gasteiger partial charge >= 0.3 is 6.18 Å². The molecule has 0 atom stereocenters. The lowest BCUT2D eigenvalue weighted by Crippen LogP contribution is -2.33. The van der Waals surface area contributed by atoms with Gasteiger partial charge in [0.25, 0.3) is 0 Å². The highest BCUT2D eigenvalue weighted by atomic mass is 19.4. The molecule has 0 saturated heterocycles. The summed E-state index contributed by atoms with van der Waals surface area (Å²) >= 11 is 0. The van der Waals surface area contributed by atoms with E-state index in [4.69, 9.17) is 5.73 Å². The predicted octanol–water partition coefficient (Wildman–Crippen LogP) is 4.05. The third-order valence-corrected chi connectivity index (χ3v) is 4.06. The van der Waals surface area contributed by atoms with Gasteiger partial charge in [0.05, 0.1) is 5.56 Å². The zero-order chi connectivity index (χ0) is 14.8. The van der Waals surface area contributed by atoms with Crippen LogP contribution in [-0.4, -0.2) is 17.5 Å². The van der Waals surface area contributed by atoms with E-state index >= 15 is 0 Å². The van der Waals surface area contributed by atoms with Crippen molar-refractivity contribution in [3.05, 3.63) is 29.3 Å². The van der Waals surface area contributed by atoms with E-state index in [2.05, 4.69) is 4.90 Å². The van der Waals surface area contributed by atoms with Crippen LogP contribution in [0.15, 0.2) is 18.2 Å². The first-order valence-electron chi connectivity index (χ1n) is 7.11. The van der Waals surface area contributed by atoms with E-state index in [1.165, 1.54) is 18.9 Å². The van der Waals surface area contributed by atoms with Gasteiger partial charge in [-0.25, -0.2) is 0 Å². The van der Waals surface area contributed by atoms with E-state index < -0.39 is 11.7 Å². The Balaban J connectivity index is 2.23. The van der Waals surface area contributed by atoms with E-state index in [-0.39, 0.29) is 5.69 Å². The SMILES string of the molecule is CCN(Cc1ccc(N)cc1C(F)(F)F)C1CCCC1. The lowest BCUT2D eigenvalue weighted by Gasteiger charge is -2.28. The van der Waals surface area contributed by atoms with Gasteiger partial charge in [-0.05, 0) is 37.1 Å². The smallest absolute Gasteiger partial charge is 0.399 e. The van der Waals surface area contributed by atoms with Crippen molar-refractivity contribution in [3.63, 3.8) is 0 Å². The van der Waals surface area contributed by atoms with E-state index in [1.807, 2.05) is 6.92 Å². The highest BCUT2D eigenvalue weighted by molar-refractivity contribution is 5.46. The molecule has 0 unspecified atom stereocenters. The Morgan fingerprint density at radius 2 is 1.90 bits per heavy atom. The van der Waals surface area contributed by atoms with Crippen LogP contribution < -0.4 is 5.73 Å². The first-order chi connectivity index (χ1) is 9.41. The second kappa shape index (κ2) is 6.04. The van der Waals surface area contributed by atoms with Crippen molar-refractivity contribution in [3.8, 4) is 0 Å². The number of halogens is 3. The van der Waals surface area contributed by atoms with Gasteiger partial charge in [-0.1, -0.05) is 25.8 Å². The first-order valence-corrected chi connectivity index (χ1v) is 7.11. The van der Waals surface area contributed by atoms with Gasteiger partial charge in [-0.3, -0.25) is 4.90 Å². The van der Waals surface area contributed by atoms with Gasteiger partial charge in [0.2, 0.25) is 0 Å². The fraction of sp³-hybridized carbons (Fsp3) is 0.600. The molecule has 1 aromatic rings. The van der Waals surface area contributed by atoms with E-state index in [0.29, 0.717) is 18.2 Å². The molecule has 1 aliphatic carbocycles. The summed E-state index contributed by atoms with van der Waals surface area (Å²) in [6.45, 7) is 3.12. The molecule has 1 saturated carbocycles. The van der Waals surface area contributed by atoms with Crippen molar-refractivity contribution in [2.24, 2.45) is 0 Å². The van der Waals surface area contributed by atoms with Crippen molar-refractivity contribution < 1.29 is 13.2 Å². The number of hydrogen-bond donors (Lipinski definition) is 1. The molecule has 0 aliphatic heterocycles. The summed E-state index contributed by atoms with van der Waals surface area (Å²) in [6, 6.07) is 4.51. The summed E-state index contributed by atoms with van der Waals surface area (Å²) in [4.78, 5) is 2.15. The van der Waals surface area contributed by atoms with Crippen molar-refractivity contribution in [1.82, 2.24) is 4.90 Å². The number of rotatable bonds is 4. The Hall–Kier alpha value is -1.23. The molecular formula is C15H21F3N2. The largest absolute Gasteiger partial charge is 0.416 e. The Bertz CT molecular complexity index is 451. The Morgan fingerprint density at radius 3 is 2.45 bits per heavy atom. The van der Waals surface area contributed by atoms with Gasteiger partial charge in [-0.2, -0.15) is 13.2 Å². The van der Waals surface area contributed by atoms with E-state index in [1.54, 1.807) is 6.07 Å². The van der Waals surface area contributed by atoms with Gasteiger partial charge in [0.1, 0.15) is 0 Å². The van der Waals surface area contributed by atoms with Crippen LogP contribution >= 0.6 is 0 Å². The van der Waals surface area contributed by atoms with Crippen molar-refractivity contribution in [2.75, 3.05) is 12.3 Å². The summed E-state index contributed by atoms with van der Waals surface area (Å²) < 4.78 is 39.3. The number of anilines is 1. The minimum atomic E-state index is -4.35. The molecule has 20 heavy (non-hydrogen) atoms. The number of alkyl halides is 3. The number of hydrogen-bond acceptors (Lipinski definition) is 2. The number of nitrogens with zero attached hydrogens (tertiary/aromatic N) is 1. The van der Waals surface area contributed by atoms with E-state index in [9.17, 15) is 13.2 Å². The fourth-order valence-corrected chi connectivity index (χ4v) is 2.98. The molecule has 2 N–H and O–H groups in total. The number of nitrogens with two attached hydrogens (primary N) is 1. The predicted molar refractivity (Wildman–Crippen MR) is 74.2 cm³/mol. The van der Waals surface area contributed by atoms with Gasteiger partial charge in [0.15, 0.2) is 0 Å². The van der Waals surface area contributed by atoms with Crippen LogP contribution in [0.3, 0.4) is 0 Å². The summed E-state index contributed by atoms with van der Waals surface area (Å²) in [5.41, 5.74) is 5.37. The van der Waals surface area contributed by atoms with Crippen LogP contribution in [-0.2, 0) is 12.7 Å². The second-order valence-corrected chi connectivity index (χ2v) is 5.42. The van der Waals surface area contributed by atoms with Crippen LogP contribution in [0.5, 0.6) is 0 Å². The Labute approximate surface area is 117 Å². The Morgan fingerprint density at radius 1 is 1.25 bits per heavy atom. The topological polar surface area (TPSA) is 29.3 Å². The minimum Gasteiger partial charge on any atom is -0.399 e. The quantitative estimate of drug-likeness (QED) is 0.846. The van der Waals surface area contributed by atoms with Gasteiger partial charge in [0, 0.05) is 18.3 Å². The summed E-state index contributed by atoms with van der Waals surface area (Å²) in [5, 5.41) is 0. The highest BCUT2D eigenvalue weighted by Gasteiger charge is 2.34. The Kier molecular flexibility index (Phi) is 4.58. The minimum absolute atomic E-state index is 0.157. The van der Waals surface area contributed by atoms with Crippen molar-refractivity contribution >= 4 is 5.69 Å². The van der Waals surface area contributed by atoms with Gasteiger partial charge < -0.3 is 5.73 Å². The zero-order valence-electron chi connectivity index (χ0n) is 11.7. The third-order valence-electron chi connectivity index (χ3n) is 4.06. The molecule has 0 amide bonds. The zero-order valence-corrected chi connectivity index (χ0v) is 11.7. The molecular weight excluding hydrogens is 265 g/mol. The van der Waals surface area contributed by atoms with Crippen LogP contribution in [0.1, 0.15) is 43.7 Å². The number of nitrogen functional groups attached to an aromatic ring is 1. The maximum atomic E-state index is 13.1. The standard InChI is InChI=1S/C15H21F3N2/c1-2-20(13-5-3-4-6-13)10-11-7-8-12(19)9-14(11)15(16,17)18/h7-9,13H,2-6,10,19H2,1H3. The molecule has 2 rings (SSSR count). The van der Waals surface area contributed by atoms with Crippen LogP contribution in [0.25, 0.3) is 0 Å². The maximum absolute atomic E-state index is 13.1. The molecule has 112 valence electrons.